The molecule has 1 aromatic rings. The van der Waals surface area contributed by atoms with Gasteiger partial charge in [0.05, 0.1) is 6.04 Å². The maximum absolute atomic E-state index is 12.2. The van der Waals surface area contributed by atoms with Gasteiger partial charge in [-0.25, -0.2) is 8.78 Å². The van der Waals surface area contributed by atoms with E-state index in [1.54, 1.807) is 13.0 Å². The van der Waals surface area contributed by atoms with Crippen LogP contribution < -0.4 is 5.73 Å². The Morgan fingerprint density at radius 1 is 1.38 bits per heavy atom. The van der Waals surface area contributed by atoms with E-state index in [0.717, 1.165) is 5.56 Å². The van der Waals surface area contributed by atoms with Gasteiger partial charge in [-0.3, -0.25) is 0 Å². The standard InChI is InChI=1S/C9H11F2NO/c1-5-2-3-7(13)6(4-5)8(12)9(10)11/h2-4,8-9,13H,12H2,1H3/t8-/m1/s1. The van der Waals surface area contributed by atoms with Crippen molar-refractivity contribution >= 4 is 0 Å². The number of aromatic hydroxyl groups is 1. The first-order valence-corrected chi connectivity index (χ1v) is 3.85. The zero-order valence-electron chi connectivity index (χ0n) is 7.17. The number of hydrogen-bond acceptors (Lipinski definition) is 2. The molecule has 0 heterocycles. The summed E-state index contributed by atoms with van der Waals surface area (Å²) in [5.41, 5.74) is 6.09. The maximum Gasteiger partial charge on any atom is 0.257 e. The minimum atomic E-state index is -2.66. The molecule has 0 aliphatic rings. The average Bonchev–Trinajstić information content (AvgIpc) is 2.08. The van der Waals surface area contributed by atoms with E-state index < -0.39 is 12.5 Å². The van der Waals surface area contributed by atoms with E-state index in [4.69, 9.17) is 5.73 Å². The molecule has 1 rings (SSSR count). The van der Waals surface area contributed by atoms with Crippen molar-refractivity contribution in [3.8, 4) is 5.75 Å². The first-order valence-electron chi connectivity index (χ1n) is 3.85. The summed E-state index contributed by atoms with van der Waals surface area (Å²) in [7, 11) is 0. The van der Waals surface area contributed by atoms with Crippen LogP contribution in [0.3, 0.4) is 0 Å². The highest BCUT2D eigenvalue weighted by molar-refractivity contribution is 5.38. The Morgan fingerprint density at radius 3 is 2.54 bits per heavy atom. The Kier molecular flexibility index (Phi) is 2.83. The van der Waals surface area contributed by atoms with Crippen LogP contribution in [0.4, 0.5) is 8.78 Å². The van der Waals surface area contributed by atoms with Crippen LogP contribution in [-0.4, -0.2) is 11.5 Å². The summed E-state index contributed by atoms with van der Waals surface area (Å²) in [6.07, 6.45) is -2.66. The van der Waals surface area contributed by atoms with E-state index in [0.29, 0.717) is 0 Å². The molecule has 3 N–H and O–H groups in total. The summed E-state index contributed by atoms with van der Waals surface area (Å²) in [6.45, 7) is 1.75. The van der Waals surface area contributed by atoms with Crippen LogP contribution in [0.1, 0.15) is 17.2 Å². The molecule has 1 atom stereocenters. The molecule has 0 amide bonds. The number of phenols is 1. The minimum Gasteiger partial charge on any atom is -0.508 e. The van der Waals surface area contributed by atoms with Crippen LogP contribution >= 0.6 is 0 Å². The average molecular weight is 187 g/mol. The number of phenolic OH excluding ortho intramolecular Hbond substituents is 1. The highest BCUT2D eigenvalue weighted by Gasteiger charge is 2.20. The Labute approximate surface area is 75.0 Å². The Morgan fingerprint density at radius 2 is 2.00 bits per heavy atom. The van der Waals surface area contributed by atoms with Crippen LogP contribution in [0.15, 0.2) is 18.2 Å². The molecule has 13 heavy (non-hydrogen) atoms. The van der Waals surface area contributed by atoms with Gasteiger partial charge in [-0.1, -0.05) is 17.7 Å². The first kappa shape index (κ1) is 9.92. The molecule has 2 nitrogen and oxygen atoms in total. The smallest absolute Gasteiger partial charge is 0.257 e. The number of alkyl halides is 2. The summed E-state index contributed by atoms with van der Waals surface area (Å²) in [5, 5.41) is 9.24. The molecule has 4 heteroatoms. The van der Waals surface area contributed by atoms with Gasteiger partial charge in [0.25, 0.3) is 6.43 Å². The van der Waals surface area contributed by atoms with Crippen LogP contribution in [0, 0.1) is 6.92 Å². The third kappa shape index (κ3) is 2.15. The SMILES string of the molecule is Cc1ccc(O)c([C@@H](N)C(F)F)c1. The molecule has 0 saturated heterocycles. The normalized spacial score (nSPS) is 13.3. The number of nitrogens with two attached hydrogens (primary N) is 1. The van der Waals surface area contributed by atoms with Crippen molar-refractivity contribution < 1.29 is 13.9 Å². The minimum absolute atomic E-state index is 0.0926. The lowest BCUT2D eigenvalue weighted by atomic mass is 10.0. The summed E-state index contributed by atoms with van der Waals surface area (Å²) in [5.74, 6) is -0.182. The Balaban J connectivity index is 3.05. The number of rotatable bonds is 2. The summed E-state index contributed by atoms with van der Waals surface area (Å²) < 4.78 is 24.4. The molecule has 0 unspecified atom stereocenters. The number of hydrogen-bond donors (Lipinski definition) is 2. The molecule has 0 saturated carbocycles. The molecular weight excluding hydrogens is 176 g/mol. The van der Waals surface area contributed by atoms with E-state index in [-0.39, 0.29) is 11.3 Å². The van der Waals surface area contributed by atoms with Gasteiger partial charge in [0.1, 0.15) is 5.75 Å². The maximum atomic E-state index is 12.2. The molecule has 0 aliphatic carbocycles. The van der Waals surface area contributed by atoms with E-state index in [9.17, 15) is 13.9 Å². The number of halogens is 2. The Hall–Kier alpha value is -1.16. The van der Waals surface area contributed by atoms with Crippen molar-refractivity contribution in [2.75, 3.05) is 0 Å². The summed E-state index contributed by atoms with van der Waals surface area (Å²) >= 11 is 0. The number of aryl methyl sites for hydroxylation is 1. The monoisotopic (exact) mass is 187 g/mol. The zero-order chi connectivity index (χ0) is 10.0. The van der Waals surface area contributed by atoms with E-state index >= 15 is 0 Å². The summed E-state index contributed by atoms with van der Waals surface area (Å²) in [4.78, 5) is 0. The lowest BCUT2D eigenvalue weighted by molar-refractivity contribution is 0.115. The highest BCUT2D eigenvalue weighted by Crippen LogP contribution is 2.27. The van der Waals surface area contributed by atoms with Gasteiger partial charge in [-0.15, -0.1) is 0 Å². The predicted octanol–water partition coefficient (Wildman–Crippen LogP) is 1.97. The summed E-state index contributed by atoms with van der Waals surface area (Å²) in [6, 6.07) is 3.05. The molecule has 0 aliphatic heterocycles. The van der Waals surface area contributed by atoms with Crippen LogP contribution in [-0.2, 0) is 0 Å². The Bertz CT molecular complexity index is 302. The largest absolute Gasteiger partial charge is 0.508 e. The van der Waals surface area contributed by atoms with E-state index in [2.05, 4.69) is 0 Å². The van der Waals surface area contributed by atoms with Crippen molar-refractivity contribution in [1.82, 2.24) is 0 Å². The van der Waals surface area contributed by atoms with Gasteiger partial charge in [-0.05, 0) is 13.0 Å². The fourth-order valence-electron chi connectivity index (χ4n) is 1.08. The second-order valence-corrected chi connectivity index (χ2v) is 2.92. The lowest BCUT2D eigenvalue weighted by Crippen LogP contribution is -2.19. The van der Waals surface area contributed by atoms with Crippen molar-refractivity contribution in [3.63, 3.8) is 0 Å². The number of benzene rings is 1. The predicted molar refractivity (Wildman–Crippen MR) is 45.8 cm³/mol. The topological polar surface area (TPSA) is 46.2 Å². The van der Waals surface area contributed by atoms with Crippen LogP contribution in [0.25, 0.3) is 0 Å². The molecular formula is C9H11F2NO. The first-order chi connectivity index (χ1) is 6.02. The second-order valence-electron chi connectivity index (χ2n) is 2.92. The molecule has 0 radical (unpaired) electrons. The molecule has 0 fully saturated rings. The lowest BCUT2D eigenvalue weighted by Gasteiger charge is -2.12. The van der Waals surface area contributed by atoms with Crippen molar-refractivity contribution in [1.29, 1.82) is 0 Å². The zero-order valence-corrected chi connectivity index (χ0v) is 7.17. The molecule has 0 aromatic heterocycles. The quantitative estimate of drug-likeness (QED) is 0.743. The van der Waals surface area contributed by atoms with E-state index in [1.165, 1.54) is 12.1 Å². The fraction of sp³-hybridized carbons (Fsp3) is 0.333. The van der Waals surface area contributed by atoms with Gasteiger partial charge in [0, 0.05) is 5.56 Å². The van der Waals surface area contributed by atoms with Gasteiger partial charge >= 0.3 is 0 Å². The fourth-order valence-corrected chi connectivity index (χ4v) is 1.08. The van der Waals surface area contributed by atoms with Crippen LogP contribution in [0.5, 0.6) is 5.75 Å². The van der Waals surface area contributed by atoms with Gasteiger partial charge < -0.3 is 10.8 Å². The third-order valence-corrected chi connectivity index (χ3v) is 1.81. The van der Waals surface area contributed by atoms with Crippen molar-refractivity contribution in [2.45, 2.75) is 19.4 Å². The van der Waals surface area contributed by atoms with E-state index in [1.807, 2.05) is 0 Å². The van der Waals surface area contributed by atoms with Gasteiger partial charge in [-0.2, -0.15) is 0 Å². The highest BCUT2D eigenvalue weighted by atomic mass is 19.3. The molecule has 1 aromatic carbocycles. The molecule has 72 valence electrons. The van der Waals surface area contributed by atoms with Gasteiger partial charge in [0.15, 0.2) is 0 Å². The van der Waals surface area contributed by atoms with Crippen LogP contribution in [0.2, 0.25) is 0 Å². The van der Waals surface area contributed by atoms with Crippen molar-refractivity contribution in [3.05, 3.63) is 29.3 Å². The third-order valence-electron chi connectivity index (χ3n) is 1.81. The van der Waals surface area contributed by atoms with Gasteiger partial charge in [0.2, 0.25) is 0 Å². The molecule has 0 spiro atoms. The second kappa shape index (κ2) is 3.70. The molecule has 0 bridgehead atoms. The van der Waals surface area contributed by atoms with Crippen molar-refractivity contribution in [2.24, 2.45) is 5.73 Å².